The molecule has 5 heavy (non-hydrogen) atoms. The molecule has 0 aromatic rings. The number of hydrogen-bond donors (Lipinski definition) is 0. The second-order valence-electron chi connectivity index (χ2n) is 1.09. The third-order valence-electron chi connectivity index (χ3n) is 0.228. The maximum atomic E-state index is 5.38. The molecule has 0 aromatic heterocycles. The maximum Gasteiger partial charge on any atom is 0.533 e. The van der Waals surface area contributed by atoms with Crippen LogP contribution in [-0.4, -0.2) is 19.3 Å². The second-order valence-corrected chi connectivity index (χ2v) is 3.37. The molecule has 0 unspecified atom stereocenters. The van der Waals surface area contributed by atoms with Crippen LogP contribution in [0.3, 0.4) is 0 Å². The van der Waals surface area contributed by atoms with Gasteiger partial charge in [0.25, 0.3) is 0 Å². The highest BCUT2D eigenvalue weighted by Gasteiger charge is 1.82. The zero-order valence-electron chi connectivity index (χ0n) is 3.29. The van der Waals surface area contributed by atoms with E-state index >= 15 is 0 Å². The number of hydrogen-bond acceptors (Lipinski definition) is 0. The fraction of sp³-hybridized carbons (Fsp3) is 0.333. The standard InChI is InChI=1S/C3H5.ClH.Mg/c1-3-2;;/h1H2,2H3;1H;/q;;+1/p-1. The molecule has 26 valence electrons. The fourth-order valence-corrected chi connectivity index (χ4v) is 0. The van der Waals surface area contributed by atoms with E-state index in [4.69, 9.17) is 9.07 Å². The molecule has 0 amide bonds. The van der Waals surface area contributed by atoms with E-state index in [0.29, 0.717) is 0 Å². The molecule has 2 heteroatoms. The molecule has 0 nitrogen and oxygen atoms in total. The first-order chi connectivity index (χ1) is 2.27. The molecule has 0 saturated heterocycles. The summed E-state index contributed by atoms with van der Waals surface area (Å²) < 4.78 is 1.16. The molecular weight excluding hydrogens is 95.8 g/mol. The summed E-state index contributed by atoms with van der Waals surface area (Å²) in [4.78, 5) is 0. The number of halogens is 1. The Morgan fingerprint density at radius 3 is 2.20 bits per heavy atom. The van der Waals surface area contributed by atoms with Crippen LogP contribution >= 0.6 is 9.07 Å². The second kappa shape index (κ2) is 3.00. The van der Waals surface area contributed by atoms with Crippen molar-refractivity contribution in [1.29, 1.82) is 0 Å². The zero-order valence-corrected chi connectivity index (χ0v) is 5.46. The van der Waals surface area contributed by atoms with Gasteiger partial charge < -0.3 is 9.07 Å². The molecule has 0 bridgehead atoms. The normalized spacial score (nSPS) is 6.00. The molecule has 0 aliphatic carbocycles. The smallest absolute Gasteiger partial charge is 0.336 e. The Labute approximate surface area is 45.7 Å². The van der Waals surface area contributed by atoms with Crippen molar-refractivity contribution < 1.29 is 0 Å². The molecule has 0 aromatic carbocycles. The highest BCUT2D eigenvalue weighted by molar-refractivity contribution is 6.97. The van der Waals surface area contributed by atoms with Crippen molar-refractivity contribution in [3.05, 3.63) is 10.3 Å². The maximum absolute atomic E-state index is 5.38. The van der Waals surface area contributed by atoms with Crippen molar-refractivity contribution >= 4 is 28.3 Å². The van der Waals surface area contributed by atoms with Gasteiger partial charge in [0.15, 0.2) is 0 Å². The summed E-state index contributed by atoms with van der Waals surface area (Å²) in [7, 11) is 5.38. The van der Waals surface area contributed by atoms with E-state index in [0.717, 1.165) is 3.70 Å². The third-order valence-corrected chi connectivity index (χ3v) is 2.05. The predicted octanol–water partition coefficient (Wildman–Crippen LogP) is 1.38. The van der Waals surface area contributed by atoms with E-state index in [2.05, 4.69) is 6.58 Å². The van der Waals surface area contributed by atoms with E-state index in [1.807, 2.05) is 6.92 Å². The van der Waals surface area contributed by atoms with Crippen LogP contribution in [0.25, 0.3) is 0 Å². The van der Waals surface area contributed by atoms with Gasteiger partial charge >= 0.3 is 19.3 Å². The Bertz CT molecular complexity index is 42.2. The van der Waals surface area contributed by atoms with Crippen LogP contribution in [0.1, 0.15) is 6.92 Å². The van der Waals surface area contributed by atoms with Crippen molar-refractivity contribution in [3.8, 4) is 0 Å². The van der Waals surface area contributed by atoms with Crippen LogP contribution in [0.4, 0.5) is 0 Å². The van der Waals surface area contributed by atoms with Gasteiger partial charge in [-0.15, -0.1) is 6.58 Å². The van der Waals surface area contributed by atoms with E-state index < -0.39 is 0 Å². The minimum atomic E-state index is -0.373. The molecular formula is C3H5ClMg. The SMILES string of the molecule is C=[C](C)[Mg][Cl]. The fourth-order valence-electron chi connectivity index (χ4n) is 0. The van der Waals surface area contributed by atoms with E-state index in [1.165, 1.54) is 0 Å². The van der Waals surface area contributed by atoms with Crippen molar-refractivity contribution in [3.63, 3.8) is 0 Å². The zero-order chi connectivity index (χ0) is 4.28. The highest BCUT2D eigenvalue weighted by Crippen LogP contribution is 1.82. The summed E-state index contributed by atoms with van der Waals surface area (Å²) in [6.07, 6.45) is 0. The lowest BCUT2D eigenvalue weighted by atomic mass is 10.7. The Hall–Kier alpha value is 0.796. The summed E-state index contributed by atoms with van der Waals surface area (Å²) in [6, 6.07) is 0. The van der Waals surface area contributed by atoms with Crippen molar-refractivity contribution in [2.45, 2.75) is 6.92 Å². The molecule has 0 N–H and O–H groups in total. The van der Waals surface area contributed by atoms with Crippen LogP contribution in [0.15, 0.2) is 10.3 Å². The third kappa shape index (κ3) is 4.80. The van der Waals surface area contributed by atoms with E-state index in [9.17, 15) is 0 Å². The van der Waals surface area contributed by atoms with Crippen LogP contribution in [0, 0.1) is 0 Å². The molecule has 0 heterocycles. The largest absolute Gasteiger partial charge is 0.533 e. The number of allylic oxidation sites excluding steroid dienone is 1. The molecule has 0 radical (unpaired) electrons. The lowest BCUT2D eigenvalue weighted by molar-refractivity contribution is 1.71. The minimum absolute atomic E-state index is 0.373. The summed E-state index contributed by atoms with van der Waals surface area (Å²) >= 11 is -0.373. The Morgan fingerprint density at radius 2 is 2.20 bits per heavy atom. The van der Waals surface area contributed by atoms with Gasteiger partial charge in [0, 0.05) is 0 Å². The minimum Gasteiger partial charge on any atom is -0.336 e. The number of rotatable bonds is 1. The predicted molar refractivity (Wildman–Crippen MR) is 26.4 cm³/mol. The van der Waals surface area contributed by atoms with Crippen LogP contribution in [-0.2, 0) is 0 Å². The molecule has 0 rings (SSSR count). The summed E-state index contributed by atoms with van der Waals surface area (Å²) in [5.41, 5.74) is 0. The average molecular weight is 101 g/mol. The van der Waals surface area contributed by atoms with Crippen molar-refractivity contribution in [2.75, 3.05) is 0 Å². The highest BCUT2D eigenvalue weighted by atomic mass is 35.5. The first kappa shape index (κ1) is 5.80. The van der Waals surface area contributed by atoms with Gasteiger partial charge in [-0.2, -0.15) is 3.70 Å². The first-order valence-electron chi connectivity index (χ1n) is 1.47. The Morgan fingerprint density at radius 1 is 2.00 bits per heavy atom. The van der Waals surface area contributed by atoms with Gasteiger partial charge in [0.05, 0.1) is 0 Å². The molecule has 0 aliphatic heterocycles. The molecule has 0 atom stereocenters. The van der Waals surface area contributed by atoms with Crippen molar-refractivity contribution in [2.24, 2.45) is 0 Å². The molecule has 0 fully saturated rings. The monoisotopic (exact) mass is 100.0 g/mol. The summed E-state index contributed by atoms with van der Waals surface area (Å²) in [6.45, 7) is 5.56. The Balaban J connectivity index is 2.85. The lowest BCUT2D eigenvalue weighted by Crippen LogP contribution is -1.72. The van der Waals surface area contributed by atoms with Gasteiger partial charge in [-0.25, -0.2) is 0 Å². The Kier molecular flexibility index (Phi) is 3.48. The van der Waals surface area contributed by atoms with Gasteiger partial charge in [-0.1, -0.05) is 6.92 Å². The molecule has 0 spiro atoms. The van der Waals surface area contributed by atoms with Gasteiger partial charge in [0.2, 0.25) is 0 Å². The van der Waals surface area contributed by atoms with Crippen molar-refractivity contribution in [1.82, 2.24) is 0 Å². The first-order valence-corrected chi connectivity index (χ1v) is 4.32. The van der Waals surface area contributed by atoms with Crippen LogP contribution in [0.2, 0.25) is 0 Å². The van der Waals surface area contributed by atoms with Crippen LogP contribution in [0.5, 0.6) is 0 Å². The summed E-state index contributed by atoms with van der Waals surface area (Å²) in [5, 5.41) is 0. The quantitative estimate of drug-likeness (QED) is 0.437. The van der Waals surface area contributed by atoms with E-state index in [1.54, 1.807) is 0 Å². The summed E-state index contributed by atoms with van der Waals surface area (Å²) in [5.74, 6) is 0. The molecule has 0 aliphatic rings. The van der Waals surface area contributed by atoms with E-state index in [-0.39, 0.29) is 19.3 Å². The lowest BCUT2D eigenvalue weighted by Gasteiger charge is -1.73. The molecule has 0 saturated carbocycles. The van der Waals surface area contributed by atoms with Gasteiger partial charge in [-0.05, 0) is 0 Å². The topological polar surface area (TPSA) is 0 Å². The average Bonchev–Trinajstić information content (AvgIpc) is 1.38. The van der Waals surface area contributed by atoms with Gasteiger partial charge in [-0.3, -0.25) is 0 Å². The van der Waals surface area contributed by atoms with Gasteiger partial charge in [0.1, 0.15) is 0 Å². The van der Waals surface area contributed by atoms with Crippen LogP contribution < -0.4 is 0 Å².